The Morgan fingerprint density at radius 3 is 2.45 bits per heavy atom. The highest BCUT2D eigenvalue weighted by atomic mass is 32.2. The molecule has 2 heterocycles. The van der Waals surface area contributed by atoms with E-state index in [1.165, 1.54) is 6.07 Å². The van der Waals surface area contributed by atoms with Crippen molar-refractivity contribution >= 4 is 26.9 Å². The van der Waals surface area contributed by atoms with Crippen molar-refractivity contribution in [1.29, 1.82) is 0 Å². The topological polar surface area (TPSA) is 94.1 Å². The third-order valence-corrected chi connectivity index (χ3v) is 5.95. The molecule has 0 aliphatic heterocycles. The third kappa shape index (κ3) is 5.16. The maximum atomic E-state index is 12.9. The minimum atomic E-state index is -3.84. The standard InChI is InChI=1S/C23H22N4O3S/c1-17-8-6-11-19(16-17)31(28,29)27-22-23(26-21-13-3-2-12-20(21)25-22)30-15-7-10-18-9-4-5-14-24-18/h2-6,8-9,11-14,16H,7,10,15H2,1H3,(H,25,27). The number of aryl methyl sites for hydroxylation is 2. The number of rotatable bonds is 8. The molecule has 0 radical (unpaired) electrons. The van der Waals surface area contributed by atoms with E-state index < -0.39 is 10.0 Å². The van der Waals surface area contributed by atoms with Gasteiger partial charge in [0, 0.05) is 11.9 Å². The summed E-state index contributed by atoms with van der Waals surface area (Å²) in [6, 6.07) is 19.7. The molecule has 0 spiro atoms. The highest BCUT2D eigenvalue weighted by Crippen LogP contribution is 2.26. The van der Waals surface area contributed by atoms with Crippen molar-refractivity contribution in [3.63, 3.8) is 0 Å². The zero-order valence-electron chi connectivity index (χ0n) is 17.0. The summed E-state index contributed by atoms with van der Waals surface area (Å²) in [5, 5.41) is 0. The number of fused-ring (bicyclic) bond motifs is 1. The van der Waals surface area contributed by atoms with Crippen LogP contribution < -0.4 is 9.46 Å². The van der Waals surface area contributed by atoms with Crippen molar-refractivity contribution in [2.24, 2.45) is 0 Å². The molecule has 2 aromatic heterocycles. The van der Waals surface area contributed by atoms with Gasteiger partial charge in [-0.25, -0.2) is 18.4 Å². The Kier molecular flexibility index (Phi) is 6.08. The Morgan fingerprint density at radius 2 is 1.71 bits per heavy atom. The summed E-state index contributed by atoms with van der Waals surface area (Å²) >= 11 is 0. The number of para-hydroxylation sites is 2. The van der Waals surface area contributed by atoms with Gasteiger partial charge in [-0.05, 0) is 61.7 Å². The molecule has 4 rings (SSSR count). The molecule has 1 N–H and O–H groups in total. The van der Waals surface area contributed by atoms with Crippen LogP contribution in [0.4, 0.5) is 5.82 Å². The first-order chi connectivity index (χ1) is 15.0. The predicted molar refractivity (Wildman–Crippen MR) is 120 cm³/mol. The lowest BCUT2D eigenvalue weighted by molar-refractivity contribution is 0.300. The molecular formula is C23H22N4O3S. The van der Waals surface area contributed by atoms with Gasteiger partial charge in [0.25, 0.3) is 15.9 Å². The van der Waals surface area contributed by atoms with E-state index in [9.17, 15) is 8.42 Å². The molecule has 0 fully saturated rings. The fourth-order valence-corrected chi connectivity index (χ4v) is 4.19. The van der Waals surface area contributed by atoms with E-state index in [4.69, 9.17) is 4.74 Å². The summed E-state index contributed by atoms with van der Waals surface area (Å²) in [5.41, 5.74) is 3.01. The van der Waals surface area contributed by atoms with E-state index in [0.29, 0.717) is 24.1 Å². The lowest BCUT2D eigenvalue weighted by Gasteiger charge is -2.13. The summed E-state index contributed by atoms with van der Waals surface area (Å²) in [5.74, 6) is 0.217. The molecule has 0 unspecified atom stereocenters. The van der Waals surface area contributed by atoms with Crippen LogP contribution in [0, 0.1) is 6.92 Å². The molecule has 0 atom stereocenters. The van der Waals surface area contributed by atoms with Gasteiger partial charge in [0.15, 0.2) is 0 Å². The fraction of sp³-hybridized carbons (Fsp3) is 0.174. The second-order valence-electron chi connectivity index (χ2n) is 7.06. The van der Waals surface area contributed by atoms with E-state index in [1.807, 2.05) is 49.4 Å². The number of benzene rings is 2. The van der Waals surface area contributed by atoms with Gasteiger partial charge in [-0.1, -0.05) is 30.3 Å². The van der Waals surface area contributed by atoms with Crippen molar-refractivity contribution in [2.75, 3.05) is 11.3 Å². The molecule has 4 aromatic rings. The van der Waals surface area contributed by atoms with Crippen LogP contribution in [0.5, 0.6) is 5.88 Å². The van der Waals surface area contributed by atoms with E-state index in [-0.39, 0.29) is 16.6 Å². The van der Waals surface area contributed by atoms with Crippen molar-refractivity contribution in [3.8, 4) is 5.88 Å². The molecular weight excluding hydrogens is 412 g/mol. The lowest BCUT2D eigenvalue weighted by Crippen LogP contribution is -2.16. The van der Waals surface area contributed by atoms with Crippen LogP contribution in [-0.2, 0) is 16.4 Å². The van der Waals surface area contributed by atoms with Crippen LogP contribution in [0.3, 0.4) is 0 Å². The molecule has 0 saturated heterocycles. The molecule has 31 heavy (non-hydrogen) atoms. The summed E-state index contributed by atoms with van der Waals surface area (Å²) in [4.78, 5) is 13.4. The van der Waals surface area contributed by atoms with Gasteiger partial charge < -0.3 is 4.74 Å². The highest BCUT2D eigenvalue weighted by Gasteiger charge is 2.20. The zero-order valence-corrected chi connectivity index (χ0v) is 17.8. The molecule has 7 nitrogen and oxygen atoms in total. The van der Waals surface area contributed by atoms with Crippen LogP contribution in [0.25, 0.3) is 11.0 Å². The Morgan fingerprint density at radius 1 is 0.935 bits per heavy atom. The van der Waals surface area contributed by atoms with Gasteiger partial charge in [-0.3, -0.25) is 9.71 Å². The van der Waals surface area contributed by atoms with Crippen LogP contribution in [0.15, 0.2) is 77.8 Å². The second-order valence-corrected chi connectivity index (χ2v) is 8.74. The minimum absolute atomic E-state index is 0.0676. The van der Waals surface area contributed by atoms with Crippen LogP contribution in [0.2, 0.25) is 0 Å². The molecule has 158 valence electrons. The SMILES string of the molecule is Cc1cccc(S(=O)(=O)Nc2nc3ccccc3nc2OCCCc2ccccn2)c1. The number of nitrogens with zero attached hydrogens (tertiary/aromatic N) is 3. The first-order valence-electron chi connectivity index (χ1n) is 9.90. The first-order valence-corrected chi connectivity index (χ1v) is 11.4. The van der Waals surface area contributed by atoms with Crippen LogP contribution in [0.1, 0.15) is 17.7 Å². The van der Waals surface area contributed by atoms with Gasteiger partial charge in [0.2, 0.25) is 5.82 Å². The molecule has 8 heteroatoms. The Balaban J connectivity index is 1.57. The van der Waals surface area contributed by atoms with Gasteiger partial charge in [-0.2, -0.15) is 0 Å². The number of ether oxygens (including phenoxy) is 1. The van der Waals surface area contributed by atoms with Crippen LogP contribution >= 0.6 is 0 Å². The quantitative estimate of drug-likeness (QED) is 0.419. The summed E-state index contributed by atoms with van der Waals surface area (Å²) < 4.78 is 34.2. The minimum Gasteiger partial charge on any atom is -0.475 e. The summed E-state index contributed by atoms with van der Waals surface area (Å²) in [6.07, 6.45) is 3.20. The van der Waals surface area contributed by atoms with Crippen molar-refractivity contribution in [2.45, 2.75) is 24.7 Å². The third-order valence-electron chi connectivity index (χ3n) is 4.61. The number of hydrogen-bond donors (Lipinski definition) is 1. The molecule has 0 saturated carbocycles. The van der Waals surface area contributed by atoms with E-state index in [1.54, 1.807) is 24.4 Å². The summed E-state index contributed by atoms with van der Waals surface area (Å²) in [7, 11) is -3.84. The smallest absolute Gasteiger partial charge is 0.263 e. The van der Waals surface area contributed by atoms with E-state index >= 15 is 0 Å². The monoisotopic (exact) mass is 434 g/mol. The molecule has 0 aliphatic rings. The van der Waals surface area contributed by atoms with E-state index in [0.717, 1.165) is 17.7 Å². The lowest BCUT2D eigenvalue weighted by atomic mass is 10.2. The average molecular weight is 435 g/mol. The number of sulfonamides is 1. The molecule has 0 aliphatic carbocycles. The van der Waals surface area contributed by atoms with Crippen molar-refractivity contribution < 1.29 is 13.2 Å². The molecule has 0 amide bonds. The van der Waals surface area contributed by atoms with Gasteiger partial charge in [-0.15, -0.1) is 0 Å². The number of hydrogen-bond acceptors (Lipinski definition) is 6. The number of nitrogens with one attached hydrogen (secondary N) is 1. The van der Waals surface area contributed by atoms with Gasteiger partial charge >= 0.3 is 0 Å². The Hall–Kier alpha value is -3.52. The average Bonchev–Trinajstić information content (AvgIpc) is 2.77. The maximum Gasteiger partial charge on any atom is 0.263 e. The zero-order chi connectivity index (χ0) is 21.7. The van der Waals surface area contributed by atoms with E-state index in [2.05, 4.69) is 19.7 Å². The van der Waals surface area contributed by atoms with Gasteiger partial charge in [0.1, 0.15) is 0 Å². The fourth-order valence-electron chi connectivity index (χ4n) is 3.09. The second kappa shape index (κ2) is 9.09. The number of aromatic nitrogens is 3. The number of pyridine rings is 1. The predicted octanol–water partition coefficient (Wildman–Crippen LogP) is 4.15. The summed E-state index contributed by atoms with van der Waals surface area (Å²) in [6.45, 7) is 2.19. The van der Waals surface area contributed by atoms with Crippen molar-refractivity contribution in [1.82, 2.24) is 15.0 Å². The largest absolute Gasteiger partial charge is 0.475 e. The van der Waals surface area contributed by atoms with Gasteiger partial charge in [0.05, 0.1) is 22.5 Å². The number of anilines is 1. The van der Waals surface area contributed by atoms with Crippen molar-refractivity contribution in [3.05, 3.63) is 84.2 Å². The Bertz CT molecular complexity index is 1290. The highest BCUT2D eigenvalue weighted by molar-refractivity contribution is 7.92. The maximum absolute atomic E-state index is 12.9. The molecule has 0 bridgehead atoms. The van der Waals surface area contributed by atoms with Crippen LogP contribution in [-0.4, -0.2) is 30.0 Å². The Labute approximate surface area is 181 Å². The molecule has 2 aromatic carbocycles. The normalized spacial score (nSPS) is 11.4. The first kappa shape index (κ1) is 20.7.